The van der Waals surface area contributed by atoms with Crippen LogP contribution >= 0.6 is 0 Å². The third kappa shape index (κ3) is 3.20. The first kappa shape index (κ1) is 16.2. The van der Waals surface area contributed by atoms with Crippen LogP contribution in [-0.2, 0) is 6.54 Å². The summed E-state index contributed by atoms with van der Waals surface area (Å²) >= 11 is 0. The molecule has 0 unspecified atom stereocenters. The Morgan fingerprint density at radius 2 is 2.05 bits per heavy atom. The molecule has 2 heterocycles. The van der Waals surface area contributed by atoms with Gasteiger partial charge in [-0.1, -0.05) is 6.07 Å². The monoisotopic (exact) mass is 300 g/mol. The molecule has 22 heavy (non-hydrogen) atoms. The molecule has 118 valence electrons. The van der Waals surface area contributed by atoms with Gasteiger partial charge in [-0.2, -0.15) is 0 Å². The van der Waals surface area contributed by atoms with E-state index in [2.05, 4.69) is 28.5 Å². The summed E-state index contributed by atoms with van der Waals surface area (Å²) in [5.74, 6) is -0.384. The molecule has 0 atom stereocenters. The summed E-state index contributed by atoms with van der Waals surface area (Å²) in [6.07, 6.45) is 4.52. The van der Waals surface area contributed by atoms with E-state index in [4.69, 9.17) is 5.73 Å². The standard InChI is InChI=1S/C17H24N4O/c1-12-15(14-7-5-8-19-11-14)16(17(18)22)13(2)21(12)10-6-9-20(3)4/h5,7-8,11H,6,9-10H2,1-4H3,(H2,18,22). The highest BCUT2D eigenvalue weighted by Crippen LogP contribution is 2.31. The summed E-state index contributed by atoms with van der Waals surface area (Å²) < 4.78 is 2.19. The van der Waals surface area contributed by atoms with E-state index in [1.54, 1.807) is 12.4 Å². The second-order valence-corrected chi connectivity index (χ2v) is 5.84. The number of aromatic nitrogens is 2. The third-order valence-electron chi connectivity index (χ3n) is 3.97. The summed E-state index contributed by atoms with van der Waals surface area (Å²) in [5, 5.41) is 0. The summed E-state index contributed by atoms with van der Waals surface area (Å²) in [7, 11) is 4.12. The molecule has 2 aromatic heterocycles. The molecule has 0 aliphatic heterocycles. The lowest BCUT2D eigenvalue weighted by atomic mass is 10.0. The molecule has 0 aromatic carbocycles. The first-order valence-electron chi connectivity index (χ1n) is 7.48. The van der Waals surface area contributed by atoms with E-state index >= 15 is 0 Å². The highest BCUT2D eigenvalue weighted by Gasteiger charge is 2.22. The van der Waals surface area contributed by atoms with Gasteiger partial charge in [0.1, 0.15) is 0 Å². The first-order chi connectivity index (χ1) is 10.4. The van der Waals surface area contributed by atoms with Crippen LogP contribution in [0.5, 0.6) is 0 Å². The number of carbonyl (C=O) groups excluding carboxylic acids is 1. The normalized spacial score (nSPS) is 11.1. The number of primary amides is 1. The van der Waals surface area contributed by atoms with Crippen molar-refractivity contribution in [3.63, 3.8) is 0 Å². The van der Waals surface area contributed by atoms with Crippen LogP contribution in [0.15, 0.2) is 24.5 Å². The molecule has 5 nitrogen and oxygen atoms in total. The van der Waals surface area contributed by atoms with Gasteiger partial charge in [0.05, 0.1) is 5.56 Å². The van der Waals surface area contributed by atoms with Gasteiger partial charge in [-0.3, -0.25) is 9.78 Å². The lowest BCUT2D eigenvalue weighted by Crippen LogP contribution is -2.16. The summed E-state index contributed by atoms with van der Waals surface area (Å²) in [6, 6.07) is 3.84. The van der Waals surface area contributed by atoms with Crippen molar-refractivity contribution in [3.8, 4) is 11.1 Å². The molecule has 1 amide bonds. The first-order valence-corrected chi connectivity index (χ1v) is 7.48. The van der Waals surface area contributed by atoms with Gasteiger partial charge < -0.3 is 15.2 Å². The molecule has 0 saturated carbocycles. The Morgan fingerprint density at radius 1 is 1.32 bits per heavy atom. The fourth-order valence-electron chi connectivity index (χ4n) is 2.93. The van der Waals surface area contributed by atoms with Crippen molar-refractivity contribution < 1.29 is 4.79 Å². The molecule has 2 N–H and O–H groups in total. The molecule has 5 heteroatoms. The van der Waals surface area contributed by atoms with Gasteiger partial charge in [0.25, 0.3) is 5.91 Å². The van der Waals surface area contributed by atoms with Gasteiger partial charge in [-0.25, -0.2) is 0 Å². The predicted octanol–water partition coefficient (Wildman–Crippen LogP) is 2.22. The molecular formula is C17H24N4O. The van der Waals surface area contributed by atoms with Gasteiger partial charge in [0.2, 0.25) is 0 Å². The van der Waals surface area contributed by atoms with Crippen LogP contribution in [0.2, 0.25) is 0 Å². The highest BCUT2D eigenvalue weighted by molar-refractivity contribution is 6.02. The quantitative estimate of drug-likeness (QED) is 0.889. The van der Waals surface area contributed by atoms with Crippen LogP contribution in [0.3, 0.4) is 0 Å². The Balaban J connectivity index is 2.47. The number of hydrogen-bond acceptors (Lipinski definition) is 3. The summed E-state index contributed by atoms with van der Waals surface area (Å²) in [5.41, 5.74) is 10.1. The van der Waals surface area contributed by atoms with Crippen molar-refractivity contribution in [2.24, 2.45) is 5.73 Å². The number of nitrogens with zero attached hydrogens (tertiary/aromatic N) is 3. The number of rotatable bonds is 6. The second-order valence-electron chi connectivity index (χ2n) is 5.84. The Labute approximate surface area is 131 Å². The summed E-state index contributed by atoms with van der Waals surface area (Å²) in [4.78, 5) is 18.3. The fraction of sp³-hybridized carbons (Fsp3) is 0.412. The van der Waals surface area contributed by atoms with E-state index in [0.717, 1.165) is 42.0 Å². The lowest BCUT2D eigenvalue weighted by Gasteiger charge is -2.13. The van der Waals surface area contributed by atoms with Crippen molar-refractivity contribution in [1.82, 2.24) is 14.5 Å². The van der Waals surface area contributed by atoms with E-state index in [9.17, 15) is 4.79 Å². The van der Waals surface area contributed by atoms with Gasteiger partial charge in [-0.15, -0.1) is 0 Å². The van der Waals surface area contributed by atoms with Crippen molar-refractivity contribution in [2.75, 3.05) is 20.6 Å². The van der Waals surface area contributed by atoms with E-state index < -0.39 is 0 Å². The van der Waals surface area contributed by atoms with E-state index in [1.165, 1.54) is 0 Å². The smallest absolute Gasteiger partial charge is 0.251 e. The van der Waals surface area contributed by atoms with Crippen LogP contribution in [0.25, 0.3) is 11.1 Å². The average molecular weight is 300 g/mol. The topological polar surface area (TPSA) is 64.2 Å². The molecule has 0 radical (unpaired) electrons. The van der Waals surface area contributed by atoms with Crippen molar-refractivity contribution in [2.45, 2.75) is 26.8 Å². The van der Waals surface area contributed by atoms with Crippen molar-refractivity contribution in [1.29, 1.82) is 0 Å². The van der Waals surface area contributed by atoms with E-state index in [1.807, 2.05) is 26.0 Å². The minimum atomic E-state index is -0.384. The molecule has 2 aromatic rings. The SMILES string of the molecule is Cc1c(C(N)=O)c(-c2cccnc2)c(C)n1CCCN(C)C. The molecule has 0 bridgehead atoms. The maximum atomic E-state index is 11.9. The number of pyridine rings is 1. The van der Waals surface area contributed by atoms with Crippen LogP contribution in [0.4, 0.5) is 0 Å². The van der Waals surface area contributed by atoms with E-state index in [-0.39, 0.29) is 5.91 Å². The largest absolute Gasteiger partial charge is 0.366 e. The van der Waals surface area contributed by atoms with Crippen molar-refractivity contribution in [3.05, 3.63) is 41.5 Å². The maximum absolute atomic E-state index is 11.9. The Hall–Kier alpha value is -2.14. The van der Waals surface area contributed by atoms with Crippen molar-refractivity contribution >= 4 is 5.91 Å². The average Bonchev–Trinajstić information content (AvgIpc) is 2.72. The number of amides is 1. The predicted molar refractivity (Wildman–Crippen MR) is 88.8 cm³/mol. The molecule has 0 spiro atoms. The molecular weight excluding hydrogens is 276 g/mol. The number of carbonyl (C=O) groups is 1. The lowest BCUT2D eigenvalue weighted by molar-refractivity contribution is 0.1000. The highest BCUT2D eigenvalue weighted by atomic mass is 16.1. The zero-order valence-corrected chi connectivity index (χ0v) is 13.8. The maximum Gasteiger partial charge on any atom is 0.251 e. The zero-order chi connectivity index (χ0) is 16.3. The van der Waals surface area contributed by atoms with Gasteiger partial charge in [0, 0.05) is 41.5 Å². The van der Waals surface area contributed by atoms with Crippen LogP contribution in [-0.4, -0.2) is 41.0 Å². The van der Waals surface area contributed by atoms with Crippen LogP contribution in [0, 0.1) is 13.8 Å². The minimum absolute atomic E-state index is 0.384. The van der Waals surface area contributed by atoms with Gasteiger partial charge in [0.15, 0.2) is 0 Å². The Bertz CT molecular complexity index is 659. The number of hydrogen-bond donors (Lipinski definition) is 1. The summed E-state index contributed by atoms with van der Waals surface area (Å²) in [6.45, 7) is 5.88. The third-order valence-corrected chi connectivity index (χ3v) is 3.97. The van der Waals surface area contributed by atoms with Crippen LogP contribution in [0.1, 0.15) is 28.2 Å². The fourth-order valence-corrected chi connectivity index (χ4v) is 2.93. The van der Waals surface area contributed by atoms with Crippen LogP contribution < -0.4 is 5.73 Å². The Morgan fingerprint density at radius 3 is 2.59 bits per heavy atom. The molecule has 0 fully saturated rings. The van der Waals surface area contributed by atoms with Gasteiger partial charge >= 0.3 is 0 Å². The molecule has 0 saturated heterocycles. The molecule has 2 rings (SSSR count). The molecule has 0 aliphatic rings. The molecule has 0 aliphatic carbocycles. The van der Waals surface area contributed by atoms with E-state index in [0.29, 0.717) is 5.56 Å². The zero-order valence-electron chi connectivity index (χ0n) is 13.8. The second kappa shape index (κ2) is 6.75. The Kier molecular flexibility index (Phi) is 4.98. The van der Waals surface area contributed by atoms with Gasteiger partial charge in [-0.05, 0) is 47.0 Å². The minimum Gasteiger partial charge on any atom is -0.366 e. The number of nitrogens with two attached hydrogens (primary N) is 1.